The highest BCUT2D eigenvalue weighted by atomic mass is 16.5. The quantitative estimate of drug-likeness (QED) is 0.882. The molecule has 0 spiro atoms. The van der Waals surface area contributed by atoms with Crippen LogP contribution >= 0.6 is 0 Å². The second-order valence-corrected chi connectivity index (χ2v) is 7.29. The summed E-state index contributed by atoms with van der Waals surface area (Å²) in [7, 11) is 0. The minimum Gasteiger partial charge on any atom is -0.388 e. The molecule has 1 saturated heterocycles. The summed E-state index contributed by atoms with van der Waals surface area (Å²) in [5.41, 5.74) is 0.507. The Morgan fingerprint density at radius 3 is 2.38 bits per heavy atom. The second-order valence-electron chi connectivity index (χ2n) is 7.29. The van der Waals surface area contributed by atoms with Gasteiger partial charge < -0.3 is 9.84 Å². The van der Waals surface area contributed by atoms with Crippen LogP contribution in [-0.4, -0.2) is 16.3 Å². The average molecular weight is 284 g/mol. The average Bonchev–Trinajstić information content (AvgIpc) is 2.65. The maximum Gasteiger partial charge on any atom is 0.0852 e. The second kappa shape index (κ2) is 4.82. The van der Waals surface area contributed by atoms with E-state index in [-0.39, 0.29) is 17.1 Å². The molecule has 2 nitrogen and oxygen atoms in total. The Labute approximate surface area is 126 Å². The predicted octanol–water partition coefficient (Wildman–Crippen LogP) is 4.47. The highest BCUT2D eigenvalue weighted by Gasteiger charge is 2.49. The normalized spacial score (nSPS) is 25.1. The summed E-state index contributed by atoms with van der Waals surface area (Å²) in [6.07, 6.45) is 0.359. The van der Waals surface area contributed by atoms with Gasteiger partial charge in [0.25, 0.3) is 0 Å². The summed E-state index contributed by atoms with van der Waals surface area (Å²) in [4.78, 5) is 0. The molecular formula is C19H24O2. The molecule has 0 bridgehead atoms. The van der Waals surface area contributed by atoms with Gasteiger partial charge in [-0.15, -0.1) is 0 Å². The van der Waals surface area contributed by atoms with Crippen molar-refractivity contribution in [3.8, 4) is 0 Å². The first-order chi connectivity index (χ1) is 9.80. The van der Waals surface area contributed by atoms with E-state index in [2.05, 4.69) is 45.9 Å². The van der Waals surface area contributed by atoms with Crippen LogP contribution in [0.1, 0.15) is 45.8 Å². The molecule has 0 amide bonds. The fraction of sp³-hybridized carbons (Fsp3) is 0.474. The molecule has 2 unspecified atom stereocenters. The number of aliphatic hydroxyl groups excluding tert-OH is 1. The SMILES string of the molecule is CC1(C)CC(C(O)c2cccc3ccccc23)C(C)(C)O1. The molecule has 1 aliphatic rings. The Kier molecular flexibility index (Phi) is 3.34. The fourth-order valence-corrected chi connectivity index (χ4v) is 3.82. The number of hydrogen-bond donors (Lipinski definition) is 1. The number of hydrogen-bond acceptors (Lipinski definition) is 2. The Morgan fingerprint density at radius 2 is 1.71 bits per heavy atom. The smallest absolute Gasteiger partial charge is 0.0852 e. The van der Waals surface area contributed by atoms with Crippen LogP contribution in [0.4, 0.5) is 0 Å². The lowest BCUT2D eigenvalue weighted by molar-refractivity contribution is -0.0878. The molecule has 0 saturated carbocycles. The van der Waals surface area contributed by atoms with Gasteiger partial charge in [-0.2, -0.15) is 0 Å². The van der Waals surface area contributed by atoms with Crippen LogP contribution < -0.4 is 0 Å². The number of fused-ring (bicyclic) bond motifs is 1. The van der Waals surface area contributed by atoms with Crippen molar-refractivity contribution in [2.75, 3.05) is 0 Å². The van der Waals surface area contributed by atoms with E-state index in [9.17, 15) is 5.11 Å². The van der Waals surface area contributed by atoms with E-state index >= 15 is 0 Å². The summed E-state index contributed by atoms with van der Waals surface area (Å²) in [6.45, 7) is 8.37. The van der Waals surface area contributed by atoms with Crippen molar-refractivity contribution in [2.45, 2.75) is 51.4 Å². The summed E-state index contributed by atoms with van der Waals surface area (Å²) in [6, 6.07) is 14.4. The molecule has 21 heavy (non-hydrogen) atoms. The standard InChI is InChI=1S/C19H24O2/c1-18(2)12-16(19(3,4)21-18)17(20)15-11-7-9-13-8-5-6-10-14(13)15/h5-11,16-17,20H,12H2,1-4H3. The first-order valence-electron chi connectivity index (χ1n) is 7.66. The van der Waals surface area contributed by atoms with Gasteiger partial charge in [-0.1, -0.05) is 42.5 Å². The molecule has 2 atom stereocenters. The van der Waals surface area contributed by atoms with E-state index < -0.39 is 6.10 Å². The third-order valence-electron chi connectivity index (χ3n) is 4.67. The predicted molar refractivity (Wildman–Crippen MR) is 86.3 cm³/mol. The van der Waals surface area contributed by atoms with Crippen molar-refractivity contribution >= 4 is 10.8 Å². The molecule has 1 N–H and O–H groups in total. The molecule has 2 aromatic carbocycles. The third-order valence-corrected chi connectivity index (χ3v) is 4.67. The van der Waals surface area contributed by atoms with E-state index in [0.717, 1.165) is 17.4 Å². The Hall–Kier alpha value is -1.38. The molecule has 0 radical (unpaired) electrons. The van der Waals surface area contributed by atoms with Gasteiger partial charge in [0.1, 0.15) is 0 Å². The maximum atomic E-state index is 11.0. The van der Waals surface area contributed by atoms with Crippen molar-refractivity contribution in [2.24, 2.45) is 5.92 Å². The number of aliphatic hydroxyl groups is 1. The number of ether oxygens (including phenoxy) is 1. The summed E-state index contributed by atoms with van der Waals surface area (Å²) in [5, 5.41) is 13.3. The first-order valence-corrected chi connectivity index (χ1v) is 7.66. The van der Waals surface area contributed by atoms with Gasteiger partial charge in [-0.3, -0.25) is 0 Å². The van der Waals surface area contributed by atoms with Crippen LogP contribution in [0.2, 0.25) is 0 Å². The van der Waals surface area contributed by atoms with E-state index in [1.54, 1.807) is 0 Å². The minimum atomic E-state index is -0.507. The van der Waals surface area contributed by atoms with Crippen molar-refractivity contribution in [1.82, 2.24) is 0 Å². The molecule has 112 valence electrons. The van der Waals surface area contributed by atoms with Crippen LogP contribution in [0.3, 0.4) is 0 Å². The molecule has 1 fully saturated rings. The Morgan fingerprint density at radius 1 is 1.05 bits per heavy atom. The third kappa shape index (κ3) is 2.58. The molecule has 1 heterocycles. The Balaban J connectivity index is 2.03. The van der Waals surface area contributed by atoms with Crippen molar-refractivity contribution in [3.63, 3.8) is 0 Å². The van der Waals surface area contributed by atoms with Gasteiger partial charge in [0.2, 0.25) is 0 Å². The highest BCUT2D eigenvalue weighted by Crippen LogP contribution is 2.48. The van der Waals surface area contributed by atoms with Crippen LogP contribution in [0, 0.1) is 5.92 Å². The summed E-state index contributed by atoms with van der Waals surface area (Å²) < 4.78 is 6.14. The topological polar surface area (TPSA) is 29.5 Å². The lowest BCUT2D eigenvalue weighted by Gasteiger charge is -2.31. The van der Waals surface area contributed by atoms with Gasteiger partial charge >= 0.3 is 0 Å². The maximum absolute atomic E-state index is 11.0. The fourth-order valence-electron chi connectivity index (χ4n) is 3.82. The zero-order chi connectivity index (χ0) is 15.3. The molecule has 0 aromatic heterocycles. The zero-order valence-electron chi connectivity index (χ0n) is 13.3. The minimum absolute atomic E-state index is 0.0957. The summed E-state index contributed by atoms with van der Waals surface area (Å²) in [5.74, 6) is 0.0957. The summed E-state index contributed by atoms with van der Waals surface area (Å²) >= 11 is 0. The van der Waals surface area contributed by atoms with Crippen molar-refractivity contribution in [1.29, 1.82) is 0 Å². The molecule has 2 aromatic rings. The highest BCUT2D eigenvalue weighted by molar-refractivity contribution is 5.86. The van der Waals surface area contributed by atoms with Crippen molar-refractivity contribution in [3.05, 3.63) is 48.0 Å². The largest absolute Gasteiger partial charge is 0.388 e. The molecule has 3 rings (SSSR count). The van der Waals surface area contributed by atoms with Crippen LogP contribution in [0.5, 0.6) is 0 Å². The number of benzene rings is 2. The lowest BCUT2D eigenvalue weighted by Crippen LogP contribution is -2.32. The molecular weight excluding hydrogens is 260 g/mol. The van der Waals surface area contributed by atoms with Crippen LogP contribution in [-0.2, 0) is 4.74 Å². The Bertz CT molecular complexity index is 652. The number of rotatable bonds is 2. The van der Waals surface area contributed by atoms with Gasteiger partial charge in [-0.05, 0) is 50.5 Å². The van der Waals surface area contributed by atoms with Crippen LogP contribution in [0.15, 0.2) is 42.5 Å². The van der Waals surface area contributed by atoms with Gasteiger partial charge in [0.15, 0.2) is 0 Å². The van der Waals surface area contributed by atoms with E-state index in [0.29, 0.717) is 0 Å². The van der Waals surface area contributed by atoms with Crippen LogP contribution in [0.25, 0.3) is 10.8 Å². The monoisotopic (exact) mass is 284 g/mol. The van der Waals surface area contributed by atoms with Gasteiger partial charge in [-0.25, -0.2) is 0 Å². The van der Waals surface area contributed by atoms with Crippen molar-refractivity contribution < 1.29 is 9.84 Å². The van der Waals surface area contributed by atoms with Gasteiger partial charge in [0.05, 0.1) is 17.3 Å². The molecule has 0 aliphatic carbocycles. The van der Waals surface area contributed by atoms with E-state index in [4.69, 9.17) is 4.74 Å². The lowest BCUT2D eigenvalue weighted by atomic mass is 9.79. The molecule has 2 heteroatoms. The molecule has 1 aliphatic heterocycles. The van der Waals surface area contributed by atoms with Gasteiger partial charge in [0, 0.05) is 5.92 Å². The first kappa shape index (κ1) is 14.6. The zero-order valence-corrected chi connectivity index (χ0v) is 13.3. The van der Waals surface area contributed by atoms with E-state index in [1.165, 1.54) is 5.39 Å². The van der Waals surface area contributed by atoms with E-state index in [1.807, 2.05) is 24.3 Å².